The summed E-state index contributed by atoms with van der Waals surface area (Å²) in [7, 11) is 0. The minimum Gasteiger partial charge on any atom is -0.310 e. The molecule has 3 aliphatic carbocycles. The van der Waals surface area contributed by atoms with Gasteiger partial charge in [0.15, 0.2) is 0 Å². The van der Waals surface area contributed by atoms with Crippen LogP contribution in [-0.2, 0) is 10.8 Å². The first-order chi connectivity index (χ1) is 34.5. The molecule has 0 N–H and O–H groups in total. The summed E-state index contributed by atoms with van der Waals surface area (Å²) in [4.78, 5) is 2.52. The standard InChI is InChI=1S/C68H46N2/c1-67(2)56-27-14-11-24-50(56)51-37-35-48(42-60(51)67)69(46-19-5-3-6-20-46)64-31-17-29-58-66(64)54-36-32-45(44-34-39-63-55(40-44)52-25-13-16-30-62(52)70(63)47-21-7-4-8-22-47)41-61(54)68(58)57-28-15-12-26-53(57)65-49-23-10-9-18-43(49)33-38-59(65)68/h3-42H,1-2H3. The van der Waals surface area contributed by atoms with Crippen LogP contribution in [0.4, 0.5) is 17.1 Å². The third-order valence-corrected chi connectivity index (χ3v) is 16.2. The quantitative estimate of drug-likeness (QED) is 0.167. The highest BCUT2D eigenvalue weighted by atomic mass is 15.1. The van der Waals surface area contributed by atoms with Crippen LogP contribution in [0.3, 0.4) is 0 Å². The number of rotatable bonds is 5. The summed E-state index contributed by atoms with van der Waals surface area (Å²) in [6, 6.07) is 91.2. The largest absolute Gasteiger partial charge is 0.310 e. The van der Waals surface area contributed by atoms with E-state index in [9.17, 15) is 0 Å². The molecular weight excluding hydrogens is 845 g/mol. The fraction of sp³-hybridized carbons (Fsp3) is 0.0588. The summed E-state index contributed by atoms with van der Waals surface area (Å²) in [6.45, 7) is 4.76. The van der Waals surface area contributed by atoms with Gasteiger partial charge in [-0.05, 0) is 150 Å². The lowest BCUT2D eigenvalue weighted by molar-refractivity contribution is 0.660. The lowest BCUT2D eigenvalue weighted by atomic mass is 9.70. The normalized spacial score (nSPS) is 15.5. The number of fused-ring (bicyclic) bond motifs is 18. The molecule has 15 rings (SSSR count). The molecule has 1 atom stereocenters. The molecule has 70 heavy (non-hydrogen) atoms. The maximum Gasteiger partial charge on any atom is 0.0726 e. The Morgan fingerprint density at radius 1 is 0.343 bits per heavy atom. The highest BCUT2D eigenvalue weighted by Gasteiger charge is 2.53. The van der Waals surface area contributed by atoms with Crippen LogP contribution >= 0.6 is 0 Å². The van der Waals surface area contributed by atoms with Crippen molar-refractivity contribution in [2.45, 2.75) is 24.7 Å². The van der Waals surface area contributed by atoms with Crippen molar-refractivity contribution in [3.8, 4) is 50.2 Å². The summed E-state index contributed by atoms with van der Waals surface area (Å²) in [5.41, 5.74) is 24.6. The van der Waals surface area contributed by atoms with Crippen LogP contribution < -0.4 is 4.90 Å². The molecule has 0 amide bonds. The number of hydrogen-bond donors (Lipinski definition) is 0. The van der Waals surface area contributed by atoms with Gasteiger partial charge in [-0.15, -0.1) is 0 Å². The number of para-hydroxylation sites is 3. The second-order valence-corrected chi connectivity index (χ2v) is 20.0. The van der Waals surface area contributed by atoms with Gasteiger partial charge in [-0.1, -0.05) is 190 Å². The van der Waals surface area contributed by atoms with Gasteiger partial charge < -0.3 is 9.47 Å². The second kappa shape index (κ2) is 14.4. The average molecular weight is 891 g/mol. The molecule has 1 aromatic heterocycles. The van der Waals surface area contributed by atoms with Crippen molar-refractivity contribution >= 4 is 49.6 Å². The predicted octanol–water partition coefficient (Wildman–Crippen LogP) is 17.7. The molecule has 1 unspecified atom stereocenters. The van der Waals surface area contributed by atoms with Gasteiger partial charge in [0.1, 0.15) is 0 Å². The molecule has 1 heterocycles. The number of anilines is 3. The summed E-state index contributed by atoms with van der Waals surface area (Å²) < 4.78 is 2.40. The first kappa shape index (κ1) is 39.3. The zero-order valence-electron chi connectivity index (χ0n) is 39.0. The van der Waals surface area contributed by atoms with E-state index in [2.05, 4.69) is 266 Å². The molecule has 11 aromatic carbocycles. The third-order valence-electron chi connectivity index (χ3n) is 16.2. The summed E-state index contributed by atoms with van der Waals surface area (Å²) in [5, 5.41) is 5.05. The molecular formula is C68H46N2. The number of benzene rings is 11. The predicted molar refractivity (Wildman–Crippen MR) is 292 cm³/mol. The van der Waals surface area contributed by atoms with Gasteiger partial charge in [0.25, 0.3) is 0 Å². The van der Waals surface area contributed by atoms with Crippen molar-refractivity contribution in [2.24, 2.45) is 0 Å². The van der Waals surface area contributed by atoms with Crippen molar-refractivity contribution in [3.63, 3.8) is 0 Å². The molecule has 0 saturated heterocycles. The minimum atomic E-state index is -0.579. The lowest BCUT2D eigenvalue weighted by Crippen LogP contribution is -2.26. The van der Waals surface area contributed by atoms with E-state index in [1.807, 2.05) is 0 Å². The van der Waals surface area contributed by atoms with E-state index in [1.54, 1.807) is 0 Å². The molecule has 328 valence electrons. The van der Waals surface area contributed by atoms with E-state index in [4.69, 9.17) is 0 Å². The Labute approximate surface area is 408 Å². The van der Waals surface area contributed by atoms with E-state index in [1.165, 1.54) is 122 Å². The molecule has 0 fully saturated rings. The Kier molecular flexibility index (Phi) is 8.08. The van der Waals surface area contributed by atoms with Crippen molar-refractivity contribution in [3.05, 3.63) is 276 Å². The average Bonchev–Trinajstić information content (AvgIpc) is 4.09. The van der Waals surface area contributed by atoms with E-state index in [-0.39, 0.29) is 5.41 Å². The Bertz CT molecular complexity index is 4160. The van der Waals surface area contributed by atoms with Crippen molar-refractivity contribution in [2.75, 3.05) is 4.90 Å². The van der Waals surface area contributed by atoms with Crippen LogP contribution in [0.25, 0.3) is 82.8 Å². The molecule has 2 nitrogen and oxygen atoms in total. The topological polar surface area (TPSA) is 8.17 Å². The summed E-state index contributed by atoms with van der Waals surface area (Å²) in [5.74, 6) is 0. The Morgan fingerprint density at radius 3 is 1.81 bits per heavy atom. The Balaban J connectivity index is 1.01. The summed E-state index contributed by atoms with van der Waals surface area (Å²) in [6.07, 6.45) is 0. The molecule has 2 heteroatoms. The van der Waals surface area contributed by atoms with Crippen LogP contribution in [0.5, 0.6) is 0 Å². The van der Waals surface area contributed by atoms with Gasteiger partial charge in [0.05, 0.1) is 22.1 Å². The van der Waals surface area contributed by atoms with Gasteiger partial charge in [0.2, 0.25) is 0 Å². The van der Waals surface area contributed by atoms with E-state index < -0.39 is 5.41 Å². The zero-order chi connectivity index (χ0) is 46.3. The molecule has 12 aromatic rings. The summed E-state index contributed by atoms with van der Waals surface area (Å²) >= 11 is 0. The highest BCUT2D eigenvalue weighted by Crippen LogP contribution is 2.66. The second-order valence-electron chi connectivity index (χ2n) is 20.0. The van der Waals surface area contributed by atoms with Gasteiger partial charge >= 0.3 is 0 Å². The van der Waals surface area contributed by atoms with E-state index >= 15 is 0 Å². The molecule has 3 aliphatic rings. The van der Waals surface area contributed by atoms with Crippen LogP contribution in [0, 0.1) is 0 Å². The minimum absolute atomic E-state index is 0.143. The lowest BCUT2D eigenvalue weighted by Gasteiger charge is -2.32. The number of nitrogens with zero attached hydrogens (tertiary/aromatic N) is 2. The fourth-order valence-electron chi connectivity index (χ4n) is 13.2. The van der Waals surface area contributed by atoms with Gasteiger partial charge in [0, 0.05) is 38.8 Å². The van der Waals surface area contributed by atoms with Crippen LogP contribution in [0.2, 0.25) is 0 Å². The monoisotopic (exact) mass is 890 g/mol. The highest BCUT2D eigenvalue weighted by molar-refractivity contribution is 6.11. The first-order valence-corrected chi connectivity index (χ1v) is 24.6. The van der Waals surface area contributed by atoms with Gasteiger partial charge in [-0.25, -0.2) is 0 Å². The van der Waals surface area contributed by atoms with Crippen LogP contribution in [0.15, 0.2) is 243 Å². The SMILES string of the molecule is CC1(C)c2ccccc2-c2ccc(N(c3ccccc3)c3cccc4c3-c3ccc(-c5ccc6c(c5)c5ccccc5n6-c5ccccc5)cc3C43c4ccccc4-c4c3ccc3ccccc43)cc21. The number of aromatic nitrogens is 1. The zero-order valence-corrected chi connectivity index (χ0v) is 39.0. The van der Waals surface area contributed by atoms with E-state index in [0.29, 0.717) is 0 Å². The van der Waals surface area contributed by atoms with Gasteiger partial charge in [-0.3, -0.25) is 0 Å². The fourth-order valence-corrected chi connectivity index (χ4v) is 13.2. The molecule has 1 spiro atoms. The van der Waals surface area contributed by atoms with E-state index in [0.717, 1.165) is 11.4 Å². The smallest absolute Gasteiger partial charge is 0.0726 e. The molecule has 0 radical (unpaired) electrons. The first-order valence-electron chi connectivity index (χ1n) is 24.6. The molecule has 0 bridgehead atoms. The van der Waals surface area contributed by atoms with Crippen molar-refractivity contribution < 1.29 is 0 Å². The van der Waals surface area contributed by atoms with Crippen LogP contribution in [0.1, 0.15) is 47.2 Å². The number of hydrogen-bond acceptors (Lipinski definition) is 1. The van der Waals surface area contributed by atoms with Crippen LogP contribution in [-0.4, -0.2) is 4.57 Å². The molecule has 0 saturated carbocycles. The van der Waals surface area contributed by atoms with Gasteiger partial charge in [-0.2, -0.15) is 0 Å². The third kappa shape index (κ3) is 5.17. The Morgan fingerprint density at radius 2 is 0.957 bits per heavy atom. The van der Waals surface area contributed by atoms with Crippen molar-refractivity contribution in [1.29, 1.82) is 0 Å². The maximum absolute atomic E-state index is 2.54. The maximum atomic E-state index is 2.54. The Hall–Kier alpha value is -8.72. The van der Waals surface area contributed by atoms with Crippen molar-refractivity contribution in [1.82, 2.24) is 4.57 Å². The molecule has 0 aliphatic heterocycles.